The normalized spacial score (nSPS) is 10.6. The van der Waals surface area contributed by atoms with Crippen molar-refractivity contribution in [3.63, 3.8) is 0 Å². The highest BCUT2D eigenvalue weighted by molar-refractivity contribution is 7.71. The van der Waals surface area contributed by atoms with E-state index in [4.69, 9.17) is 33.9 Å². The summed E-state index contributed by atoms with van der Waals surface area (Å²) in [6, 6.07) is 7.39. The lowest BCUT2D eigenvalue weighted by Gasteiger charge is -2.10. The highest BCUT2D eigenvalue weighted by atomic mass is 32.1. The molecule has 0 radical (unpaired) electrons. The summed E-state index contributed by atoms with van der Waals surface area (Å²) in [4.78, 5) is 39.1. The number of carbonyl (C=O) groups is 2. The van der Waals surface area contributed by atoms with E-state index in [-0.39, 0.29) is 33.6 Å². The molecule has 32 heavy (non-hydrogen) atoms. The van der Waals surface area contributed by atoms with Gasteiger partial charge in [0, 0.05) is 22.5 Å². The van der Waals surface area contributed by atoms with E-state index in [1.54, 1.807) is 27.7 Å². The topological polar surface area (TPSA) is 110 Å². The molecule has 8 nitrogen and oxygen atoms in total. The van der Waals surface area contributed by atoms with Crippen molar-refractivity contribution in [1.82, 2.24) is 19.9 Å². The fourth-order valence-corrected chi connectivity index (χ4v) is 3.77. The lowest BCUT2D eigenvalue weighted by Crippen LogP contribution is -2.11. The SMILES string of the molecule is CCOC(=O)c1c(C)[nH]c(-c2ccc(-c3nc(=S)c(C(=O)OCC)c(C)[nH]3)cc2)nc1=S. The van der Waals surface area contributed by atoms with Gasteiger partial charge in [-0.15, -0.1) is 0 Å². The molecule has 0 fully saturated rings. The van der Waals surface area contributed by atoms with Crippen molar-refractivity contribution >= 4 is 36.4 Å². The first kappa shape index (κ1) is 23.4. The van der Waals surface area contributed by atoms with E-state index in [0.717, 1.165) is 11.1 Å². The van der Waals surface area contributed by atoms with Crippen LogP contribution in [0.15, 0.2) is 24.3 Å². The standard InChI is InChI=1S/C22H22N4O4S2/c1-5-29-21(27)15-11(3)23-17(25-19(15)31)13-7-9-14(10-8-13)18-24-12(4)16(20(32)26-18)22(28)30-6-2/h7-10H,5-6H2,1-4H3,(H,23,25,31)(H,24,26,32). The van der Waals surface area contributed by atoms with Crippen LogP contribution >= 0.6 is 24.4 Å². The Balaban J connectivity index is 1.94. The third kappa shape index (κ3) is 4.81. The number of nitrogens with one attached hydrogen (secondary N) is 2. The zero-order chi connectivity index (χ0) is 23.4. The maximum absolute atomic E-state index is 12.1. The van der Waals surface area contributed by atoms with Gasteiger partial charge in [0.1, 0.15) is 32.1 Å². The van der Waals surface area contributed by atoms with Crippen LogP contribution in [0.4, 0.5) is 0 Å². The Morgan fingerprint density at radius 1 is 0.781 bits per heavy atom. The molecule has 166 valence electrons. The number of carbonyl (C=O) groups excluding carboxylic acids is 2. The number of H-pyrrole nitrogens is 2. The number of aromatic nitrogens is 4. The molecule has 3 aromatic rings. The molecule has 0 amide bonds. The van der Waals surface area contributed by atoms with Crippen LogP contribution in [0.5, 0.6) is 0 Å². The average molecular weight is 471 g/mol. The van der Waals surface area contributed by atoms with Gasteiger partial charge in [0.25, 0.3) is 0 Å². The van der Waals surface area contributed by atoms with Crippen molar-refractivity contribution in [2.24, 2.45) is 0 Å². The van der Waals surface area contributed by atoms with Gasteiger partial charge in [-0.25, -0.2) is 19.6 Å². The second-order valence-electron chi connectivity index (χ2n) is 6.80. The largest absolute Gasteiger partial charge is 0.462 e. The van der Waals surface area contributed by atoms with E-state index in [1.807, 2.05) is 24.3 Å². The first-order chi connectivity index (χ1) is 15.3. The van der Waals surface area contributed by atoms with Gasteiger partial charge >= 0.3 is 11.9 Å². The van der Waals surface area contributed by atoms with E-state index in [2.05, 4.69) is 19.9 Å². The molecule has 0 aliphatic rings. The van der Waals surface area contributed by atoms with E-state index in [9.17, 15) is 9.59 Å². The molecule has 2 N–H and O–H groups in total. The van der Waals surface area contributed by atoms with Gasteiger partial charge in [-0.2, -0.15) is 0 Å². The number of nitrogens with zero attached hydrogens (tertiary/aromatic N) is 2. The minimum Gasteiger partial charge on any atom is -0.462 e. The van der Waals surface area contributed by atoms with Gasteiger partial charge < -0.3 is 19.4 Å². The lowest BCUT2D eigenvalue weighted by atomic mass is 10.1. The van der Waals surface area contributed by atoms with Crippen molar-refractivity contribution in [2.75, 3.05) is 13.2 Å². The molecule has 0 aliphatic carbocycles. The Labute approximate surface area is 195 Å². The maximum atomic E-state index is 12.1. The Morgan fingerprint density at radius 2 is 1.12 bits per heavy atom. The molecule has 0 saturated carbocycles. The third-order valence-corrected chi connectivity index (χ3v) is 5.20. The third-order valence-electron chi connectivity index (χ3n) is 4.61. The van der Waals surface area contributed by atoms with Crippen molar-refractivity contribution in [3.8, 4) is 22.8 Å². The number of rotatable bonds is 6. The lowest BCUT2D eigenvalue weighted by molar-refractivity contribution is 0.0514. The molecule has 0 spiro atoms. The minimum atomic E-state index is -0.497. The molecule has 10 heteroatoms. The highest BCUT2D eigenvalue weighted by Crippen LogP contribution is 2.23. The summed E-state index contributed by atoms with van der Waals surface area (Å²) in [7, 11) is 0. The second-order valence-corrected chi connectivity index (χ2v) is 7.57. The number of esters is 2. The van der Waals surface area contributed by atoms with Crippen LogP contribution in [-0.4, -0.2) is 45.1 Å². The fraction of sp³-hybridized carbons (Fsp3) is 0.273. The molecule has 0 atom stereocenters. The van der Waals surface area contributed by atoms with Crippen LogP contribution in [0.25, 0.3) is 22.8 Å². The van der Waals surface area contributed by atoms with Gasteiger partial charge in [0.15, 0.2) is 0 Å². The highest BCUT2D eigenvalue weighted by Gasteiger charge is 2.17. The number of hydrogen-bond acceptors (Lipinski definition) is 8. The molecular weight excluding hydrogens is 448 g/mol. The zero-order valence-electron chi connectivity index (χ0n) is 18.1. The van der Waals surface area contributed by atoms with Crippen LogP contribution in [0.1, 0.15) is 46.0 Å². The molecule has 0 aliphatic heterocycles. The van der Waals surface area contributed by atoms with E-state index >= 15 is 0 Å². The summed E-state index contributed by atoms with van der Waals surface area (Å²) in [6.45, 7) is 7.48. The number of benzene rings is 1. The van der Waals surface area contributed by atoms with Gasteiger partial charge in [-0.3, -0.25) is 0 Å². The predicted molar refractivity (Wildman–Crippen MR) is 125 cm³/mol. The summed E-state index contributed by atoms with van der Waals surface area (Å²) in [5.74, 6) is 0.0656. The van der Waals surface area contributed by atoms with Gasteiger partial charge in [-0.05, 0) is 27.7 Å². The molecule has 2 aromatic heterocycles. The molecule has 3 rings (SSSR count). The minimum absolute atomic E-state index is 0.176. The van der Waals surface area contributed by atoms with Crippen LogP contribution in [0.2, 0.25) is 0 Å². The van der Waals surface area contributed by atoms with E-state index in [0.29, 0.717) is 23.0 Å². The number of aryl methyl sites for hydroxylation is 2. The van der Waals surface area contributed by atoms with Crippen molar-refractivity contribution in [3.05, 3.63) is 56.1 Å². The monoisotopic (exact) mass is 470 g/mol. The van der Waals surface area contributed by atoms with Gasteiger partial charge in [0.05, 0.1) is 13.2 Å². The van der Waals surface area contributed by atoms with Gasteiger partial charge in [-0.1, -0.05) is 48.7 Å². The summed E-state index contributed by atoms with van der Waals surface area (Å²) in [5.41, 5.74) is 3.23. The summed E-state index contributed by atoms with van der Waals surface area (Å²) < 4.78 is 10.4. The molecule has 1 aromatic carbocycles. The first-order valence-corrected chi connectivity index (χ1v) is 10.7. The zero-order valence-corrected chi connectivity index (χ0v) is 19.7. The Hall–Kier alpha value is -3.24. The van der Waals surface area contributed by atoms with Crippen molar-refractivity contribution in [2.45, 2.75) is 27.7 Å². The first-order valence-electron chi connectivity index (χ1n) is 9.93. The van der Waals surface area contributed by atoms with E-state index < -0.39 is 11.9 Å². The van der Waals surface area contributed by atoms with Crippen LogP contribution < -0.4 is 0 Å². The maximum Gasteiger partial charge on any atom is 0.343 e. The molecule has 2 heterocycles. The number of ether oxygens (including phenoxy) is 2. The van der Waals surface area contributed by atoms with Gasteiger partial charge in [0.2, 0.25) is 0 Å². The Kier molecular flexibility index (Phi) is 7.26. The van der Waals surface area contributed by atoms with Crippen molar-refractivity contribution in [1.29, 1.82) is 0 Å². The fourth-order valence-electron chi connectivity index (χ4n) is 3.12. The van der Waals surface area contributed by atoms with Crippen molar-refractivity contribution < 1.29 is 19.1 Å². The van der Waals surface area contributed by atoms with Crippen LogP contribution in [-0.2, 0) is 9.47 Å². The molecular formula is C22H22N4O4S2. The molecule has 0 unspecified atom stereocenters. The summed E-state index contributed by atoms with van der Waals surface area (Å²) in [6.07, 6.45) is 0. The van der Waals surface area contributed by atoms with Crippen LogP contribution in [0.3, 0.4) is 0 Å². The van der Waals surface area contributed by atoms with E-state index in [1.165, 1.54) is 0 Å². The summed E-state index contributed by atoms with van der Waals surface area (Å²) >= 11 is 10.6. The second kappa shape index (κ2) is 9.92. The average Bonchev–Trinajstić information content (AvgIpc) is 2.73. The number of aromatic amines is 2. The Bertz CT molecular complexity index is 1200. The smallest absolute Gasteiger partial charge is 0.343 e. The quantitative estimate of drug-likeness (QED) is 0.387. The Morgan fingerprint density at radius 3 is 1.41 bits per heavy atom. The number of hydrogen-bond donors (Lipinski definition) is 2. The molecule has 0 bridgehead atoms. The van der Waals surface area contributed by atoms with Crippen LogP contribution in [0, 0.1) is 23.1 Å². The summed E-state index contributed by atoms with van der Waals surface area (Å²) in [5, 5.41) is 0. The predicted octanol–water partition coefficient (Wildman–Crippen LogP) is 4.90. The molecule has 0 saturated heterocycles.